The predicted octanol–water partition coefficient (Wildman–Crippen LogP) is 8.64. The molecule has 5 N–H and O–H groups in total. The molecule has 0 amide bonds. The van der Waals surface area contributed by atoms with Crippen molar-refractivity contribution < 1.29 is 10.2 Å². The van der Waals surface area contributed by atoms with Gasteiger partial charge in [0.2, 0.25) is 0 Å². The number of hydrogen-bond acceptors (Lipinski definition) is 5. The number of hydrogen-bond donors (Lipinski definition) is 5. The summed E-state index contributed by atoms with van der Waals surface area (Å²) in [6.45, 7) is 2.38. The van der Waals surface area contributed by atoms with Gasteiger partial charge in [0.05, 0.1) is 24.3 Å². The molecule has 0 aromatic heterocycles. The Hall–Kier alpha value is -2.34. The Kier molecular flexibility index (Phi) is 9.86. The lowest BCUT2D eigenvalue weighted by Crippen LogP contribution is -2.71. The number of allylic oxidation sites excluding steroid dienone is 10. The predicted molar refractivity (Wildman–Crippen MR) is 184 cm³/mol. The average molecular weight is 612 g/mol. The number of nitrogens with one attached hydrogen (secondary N) is 3. The molecule has 0 bridgehead atoms. The first-order chi connectivity index (χ1) is 22.0. The molecule has 2 fully saturated rings. The number of aliphatic hydroxyl groups is 2. The van der Waals surface area contributed by atoms with Gasteiger partial charge in [-0.05, 0) is 143 Å². The van der Waals surface area contributed by atoms with Gasteiger partial charge in [0.25, 0.3) is 0 Å². The van der Waals surface area contributed by atoms with Crippen molar-refractivity contribution in [2.24, 2.45) is 47.3 Å². The fraction of sp³-hybridized carbons (Fsp3) is 0.650. The van der Waals surface area contributed by atoms with Gasteiger partial charge in [0, 0.05) is 18.3 Å². The molecule has 5 heteroatoms. The van der Waals surface area contributed by atoms with Crippen LogP contribution < -0.4 is 16.0 Å². The first-order valence-corrected chi connectivity index (χ1v) is 18.5. The molecule has 0 spiro atoms. The van der Waals surface area contributed by atoms with Gasteiger partial charge in [-0.25, -0.2) is 0 Å². The molecular formula is C40H57N3O2. The largest absolute Gasteiger partial charge is 0.513 e. The molecule has 9 unspecified atom stereocenters. The van der Waals surface area contributed by atoms with Gasteiger partial charge >= 0.3 is 0 Å². The van der Waals surface area contributed by atoms with Crippen LogP contribution in [0.5, 0.6) is 0 Å². The van der Waals surface area contributed by atoms with E-state index in [0.717, 1.165) is 49.9 Å². The quantitative estimate of drug-likeness (QED) is 0.194. The highest BCUT2D eigenvalue weighted by molar-refractivity contribution is 5.33. The van der Waals surface area contributed by atoms with E-state index in [9.17, 15) is 10.2 Å². The SMILES string of the molecule is CC1CC=C(C2C=CC(C3NC(C4C=CC(C5C=CC(O)=CC5)CC4)NC(C4CCC(C5CC=C(O)CC5)CC4)N3)=CC2)CC1. The van der Waals surface area contributed by atoms with E-state index >= 15 is 0 Å². The molecule has 0 aromatic rings. The van der Waals surface area contributed by atoms with Gasteiger partial charge in [0.15, 0.2) is 0 Å². The van der Waals surface area contributed by atoms with Crippen molar-refractivity contribution in [3.8, 4) is 0 Å². The second-order valence-electron chi connectivity index (χ2n) is 15.5. The van der Waals surface area contributed by atoms with E-state index in [2.05, 4.69) is 71.5 Å². The third-order valence-electron chi connectivity index (χ3n) is 12.6. The van der Waals surface area contributed by atoms with Gasteiger partial charge in [0.1, 0.15) is 5.76 Å². The Morgan fingerprint density at radius 2 is 1.38 bits per heavy atom. The zero-order valence-corrected chi connectivity index (χ0v) is 27.4. The van der Waals surface area contributed by atoms with Crippen LogP contribution in [0.25, 0.3) is 0 Å². The van der Waals surface area contributed by atoms with E-state index in [-0.39, 0.29) is 12.3 Å². The van der Waals surface area contributed by atoms with E-state index < -0.39 is 0 Å². The Morgan fingerprint density at radius 1 is 0.578 bits per heavy atom. The van der Waals surface area contributed by atoms with E-state index in [0.29, 0.717) is 47.3 Å². The number of aliphatic hydroxyl groups excluding tert-OH is 2. The van der Waals surface area contributed by atoms with E-state index in [1.807, 2.05) is 12.2 Å². The lowest BCUT2D eigenvalue weighted by atomic mass is 9.71. The zero-order valence-electron chi connectivity index (χ0n) is 27.4. The fourth-order valence-corrected chi connectivity index (χ4v) is 9.52. The second-order valence-corrected chi connectivity index (χ2v) is 15.5. The van der Waals surface area contributed by atoms with Crippen molar-refractivity contribution in [2.45, 2.75) is 115 Å². The van der Waals surface area contributed by atoms with Crippen LogP contribution in [0, 0.1) is 47.3 Å². The molecule has 1 saturated heterocycles. The summed E-state index contributed by atoms with van der Waals surface area (Å²) in [4.78, 5) is 0. The molecule has 9 atom stereocenters. The molecule has 0 radical (unpaired) electrons. The molecule has 1 aliphatic heterocycles. The summed E-state index contributed by atoms with van der Waals surface area (Å²) in [6.07, 6.45) is 40.4. The lowest BCUT2D eigenvalue weighted by Gasteiger charge is -2.47. The van der Waals surface area contributed by atoms with Gasteiger partial charge in [-0.1, -0.05) is 55.0 Å². The first kappa shape index (κ1) is 31.3. The molecule has 7 aliphatic rings. The van der Waals surface area contributed by atoms with Crippen LogP contribution >= 0.6 is 0 Å². The van der Waals surface area contributed by atoms with Crippen molar-refractivity contribution >= 4 is 0 Å². The summed E-state index contributed by atoms with van der Waals surface area (Å²) in [5, 5.41) is 31.9. The maximum Gasteiger partial charge on any atom is 0.111 e. The van der Waals surface area contributed by atoms with Gasteiger partial charge in [-0.3, -0.25) is 16.0 Å². The molecule has 0 aromatic carbocycles. The van der Waals surface area contributed by atoms with Gasteiger partial charge < -0.3 is 10.2 Å². The molecule has 45 heavy (non-hydrogen) atoms. The fourth-order valence-electron chi connectivity index (χ4n) is 9.52. The van der Waals surface area contributed by atoms with Crippen molar-refractivity contribution in [1.82, 2.24) is 16.0 Å². The molecule has 1 saturated carbocycles. The Morgan fingerprint density at radius 3 is 2.04 bits per heavy atom. The summed E-state index contributed by atoms with van der Waals surface area (Å²) in [5.41, 5.74) is 3.06. The van der Waals surface area contributed by atoms with Crippen LogP contribution in [0.1, 0.15) is 96.8 Å². The lowest BCUT2D eigenvalue weighted by molar-refractivity contribution is 0.0956. The summed E-state index contributed by atoms with van der Waals surface area (Å²) < 4.78 is 0. The molecule has 244 valence electrons. The summed E-state index contributed by atoms with van der Waals surface area (Å²) in [6, 6.07) is 0. The highest BCUT2D eigenvalue weighted by Gasteiger charge is 2.39. The Labute approximate surface area is 271 Å². The second kappa shape index (κ2) is 14.2. The van der Waals surface area contributed by atoms with Crippen LogP contribution in [-0.4, -0.2) is 28.7 Å². The summed E-state index contributed by atoms with van der Waals surface area (Å²) >= 11 is 0. The van der Waals surface area contributed by atoms with Crippen LogP contribution in [0.3, 0.4) is 0 Å². The van der Waals surface area contributed by atoms with Crippen LogP contribution in [0.15, 0.2) is 83.4 Å². The van der Waals surface area contributed by atoms with E-state index in [1.165, 1.54) is 63.4 Å². The third kappa shape index (κ3) is 7.47. The normalized spacial score (nSPS) is 42.4. The van der Waals surface area contributed by atoms with Crippen molar-refractivity contribution in [3.63, 3.8) is 0 Å². The molecule has 6 aliphatic carbocycles. The Bertz CT molecular complexity index is 1260. The smallest absolute Gasteiger partial charge is 0.111 e. The average Bonchev–Trinajstić information content (AvgIpc) is 3.09. The van der Waals surface area contributed by atoms with Crippen molar-refractivity contribution in [3.05, 3.63) is 83.4 Å². The van der Waals surface area contributed by atoms with Crippen LogP contribution in [0.2, 0.25) is 0 Å². The maximum absolute atomic E-state index is 9.89. The molecule has 5 nitrogen and oxygen atoms in total. The highest BCUT2D eigenvalue weighted by atomic mass is 16.3. The topological polar surface area (TPSA) is 76.5 Å². The zero-order chi connectivity index (χ0) is 30.8. The first-order valence-electron chi connectivity index (χ1n) is 18.5. The maximum atomic E-state index is 9.89. The summed E-state index contributed by atoms with van der Waals surface area (Å²) in [5.74, 6) is 6.16. The minimum absolute atomic E-state index is 0.170. The van der Waals surface area contributed by atoms with Crippen molar-refractivity contribution in [2.75, 3.05) is 0 Å². The van der Waals surface area contributed by atoms with E-state index in [4.69, 9.17) is 0 Å². The summed E-state index contributed by atoms with van der Waals surface area (Å²) in [7, 11) is 0. The van der Waals surface area contributed by atoms with Crippen LogP contribution in [0.4, 0.5) is 0 Å². The van der Waals surface area contributed by atoms with Gasteiger partial charge in [-0.2, -0.15) is 0 Å². The van der Waals surface area contributed by atoms with E-state index in [1.54, 1.807) is 5.57 Å². The Balaban J connectivity index is 1.02. The minimum Gasteiger partial charge on any atom is -0.513 e. The van der Waals surface area contributed by atoms with Gasteiger partial charge in [-0.15, -0.1) is 0 Å². The minimum atomic E-state index is 0.170. The molecule has 1 heterocycles. The standard InChI is InChI=1S/C40H57N3O2/c1-26-2-4-27(5-3-26)28-6-12-33(13-7-28)38-41-39(34-14-8-29(9-15-34)31-18-22-36(44)23-19-31)43-40(42-38)35-16-10-30(11-17-35)32-20-24-37(45)25-21-32/h4,6,8,12-14,18,22-24,26,28-32,34-35,38-45H,2-3,5,7,9-11,15-17,19-21,25H2,1H3. The molecule has 7 rings (SSSR count). The highest BCUT2D eigenvalue weighted by Crippen LogP contribution is 2.41. The third-order valence-corrected chi connectivity index (χ3v) is 12.6. The van der Waals surface area contributed by atoms with Crippen LogP contribution in [-0.2, 0) is 0 Å². The van der Waals surface area contributed by atoms with Crippen molar-refractivity contribution in [1.29, 1.82) is 0 Å². The monoisotopic (exact) mass is 611 g/mol. The molecular weight excluding hydrogens is 554 g/mol. The number of rotatable bonds is 6.